The Balaban J connectivity index is 4.11. The monoisotopic (exact) mass is 885 g/mol. The molecule has 0 aromatic heterocycles. The van der Waals surface area contributed by atoms with Gasteiger partial charge in [0.2, 0.25) is 0 Å². The SMILES string of the molecule is CCCCC/C=C\C/C=C\C/C=C\CCCCCCCCC(=O)OC(COC(=O)CCCCCCC)COC(=O)CCCCCCCCCCCCCCCCCCCCCCC. The van der Waals surface area contributed by atoms with Gasteiger partial charge in [-0.3, -0.25) is 14.4 Å². The van der Waals surface area contributed by atoms with E-state index < -0.39 is 6.10 Å². The zero-order valence-electron chi connectivity index (χ0n) is 42.1. The minimum absolute atomic E-state index is 0.0745. The molecule has 0 aliphatic heterocycles. The van der Waals surface area contributed by atoms with E-state index in [9.17, 15) is 14.4 Å². The fraction of sp³-hybridized carbons (Fsp3) is 0.842. The minimum atomic E-state index is -0.772. The summed E-state index contributed by atoms with van der Waals surface area (Å²) >= 11 is 0. The van der Waals surface area contributed by atoms with E-state index >= 15 is 0 Å². The number of hydrogen-bond donors (Lipinski definition) is 0. The third-order valence-corrected chi connectivity index (χ3v) is 12.1. The van der Waals surface area contributed by atoms with E-state index in [2.05, 4.69) is 57.2 Å². The zero-order valence-corrected chi connectivity index (χ0v) is 42.1. The highest BCUT2D eigenvalue weighted by atomic mass is 16.6. The first kappa shape index (κ1) is 60.6. The Labute approximate surface area is 391 Å². The van der Waals surface area contributed by atoms with Crippen molar-refractivity contribution in [2.24, 2.45) is 0 Å². The summed E-state index contributed by atoms with van der Waals surface area (Å²) in [7, 11) is 0. The number of hydrogen-bond acceptors (Lipinski definition) is 6. The van der Waals surface area contributed by atoms with Gasteiger partial charge in [-0.2, -0.15) is 0 Å². The molecule has 0 amide bonds. The van der Waals surface area contributed by atoms with E-state index in [1.807, 2.05) is 0 Å². The van der Waals surface area contributed by atoms with Gasteiger partial charge in [-0.15, -0.1) is 0 Å². The first-order chi connectivity index (χ1) is 31.0. The number of carbonyl (C=O) groups excluding carboxylic acids is 3. The zero-order chi connectivity index (χ0) is 45.8. The summed E-state index contributed by atoms with van der Waals surface area (Å²) in [6.45, 7) is 6.55. The molecule has 368 valence electrons. The second kappa shape index (κ2) is 52.3. The van der Waals surface area contributed by atoms with Crippen LogP contribution < -0.4 is 0 Å². The van der Waals surface area contributed by atoms with Crippen LogP contribution in [0.5, 0.6) is 0 Å². The Morgan fingerprint density at radius 3 is 0.921 bits per heavy atom. The van der Waals surface area contributed by atoms with Gasteiger partial charge < -0.3 is 14.2 Å². The van der Waals surface area contributed by atoms with Crippen LogP contribution >= 0.6 is 0 Å². The first-order valence-electron chi connectivity index (χ1n) is 27.5. The van der Waals surface area contributed by atoms with Gasteiger partial charge in [0, 0.05) is 19.3 Å². The van der Waals surface area contributed by atoms with Gasteiger partial charge in [-0.25, -0.2) is 0 Å². The number of unbranched alkanes of at least 4 members (excludes halogenated alkanes) is 33. The highest BCUT2D eigenvalue weighted by Gasteiger charge is 2.19. The minimum Gasteiger partial charge on any atom is -0.462 e. The van der Waals surface area contributed by atoms with Crippen LogP contribution in [0.4, 0.5) is 0 Å². The third kappa shape index (κ3) is 50.5. The molecule has 0 spiro atoms. The van der Waals surface area contributed by atoms with Crippen molar-refractivity contribution >= 4 is 17.9 Å². The van der Waals surface area contributed by atoms with Gasteiger partial charge in [0.25, 0.3) is 0 Å². The van der Waals surface area contributed by atoms with E-state index in [0.29, 0.717) is 19.3 Å². The van der Waals surface area contributed by atoms with Crippen LogP contribution in [-0.2, 0) is 28.6 Å². The van der Waals surface area contributed by atoms with Crippen LogP contribution in [0.3, 0.4) is 0 Å². The summed E-state index contributed by atoms with van der Waals surface area (Å²) in [6.07, 6.45) is 61.7. The van der Waals surface area contributed by atoms with Crippen LogP contribution in [0.25, 0.3) is 0 Å². The molecule has 0 aromatic rings. The van der Waals surface area contributed by atoms with Crippen LogP contribution in [0.1, 0.15) is 290 Å². The maximum absolute atomic E-state index is 12.8. The molecule has 0 aromatic carbocycles. The lowest BCUT2D eigenvalue weighted by Gasteiger charge is -2.18. The number of allylic oxidation sites excluding steroid dienone is 6. The normalized spacial score (nSPS) is 12.2. The molecular formula is C57H104O6. The smallest absolute Gasteiger partial charge is 0.306 e. The number of ether oxygens (including phenoxy) is 3. The molecule has 0 bridgehead atoms. The first-order valence-corrected chi connectivity index (χ1v) is 27.5. The Morgan fingerprint density at radius 1 is 0.317 bits per heavy atom. The van der Waals surface area contributed by atoms with Crippen molar-refractivity contribution in [1.82, 2.24) is 0 Å². The molecule has 6 heteroatoms. The average Bonchev–Trinajstić information content (AvgIpc) is 3.28. The van der Waals surface area contributed by atoms with Gasteiger partial charge in [-0.1, -0.05) is 250 Å². The highest BCUT2D eigenvalue weighted by Crippen LogP contribution is 2.16. The third-order valence-electron chi connectivity index (χ3n) is 12.1. The fourth-order valence-corrected chi connectivity index (χ4v) is 7.98. The molecule has 0 aliphatic carbocycles. The molecule has 0 heterocycles. The Hall–Kier alpha value is -2.37. The summed E-state index contributed by atoms with van der Waals surface area (Å²) < 4.78 is 16.7. The molecular weight excluding hydrogens is 781 g/mol. The molecule has 0 N–H and O–H groups in total. The molecule has 1 atom stereocenters. The molecule has 0 fully saturated rings. The summed E-state index contributed by atoms with van der Waals surface area (Å²) in [5, 5.41) is 0. The van der Waals surface area contributed by atoms with E-state index in [0.717, 1.165) is 83.5 Å². The maximum Gasteiger partial charge on any atom is 0.306 e. The average molecular weight is 885 g/mol. The van der Waals surface area contributed by atoms with E-state index in [1.54, 1.807) is 0 Å². The van der Waals surface area contributed by atoms with Crippen LogP contribution in [0.15, 0.2) is 36.5 Å². The van der Waals surface area contributed by atoms with Gasteiger partial charge in [0.05, 0.1) is 0 Å². The summed E-state index contributed by atoms with van der Waals surface area (Å²) in [6, 6.07) is 0. The Bertz CT molecular complexity index is 1060. The molecule has 0 saturated carbocycles. The lowest BCUT2D eigenvalue weighted by Crippen LogP contribution is -2.30. The van der Waals surface area contributed by atoms with Crippen molar-refractivity contribution in [2.45, 2.75) is 297 Å². The van der Waals surface area contributed by atoms with Crippen molar-refractivity contribution in [3.05, 3.63) is 36.5 Å². The molecule has 0 rings (SSSR count). The largest absolute Gasteiger partial charge is 0.462 e. The van der Waals surface area contributed by atoms with Gasteiger partial charge >= 0.3 is 17.9 Å². The summed E-state index contributed by atoms with van der Waals surface area (Å²) in [4.78, 5) is 37.7. The standard InChI is InChI=1S/C57H104O6/c1-4-7-10-13-15-17-19-21-23-25-27-28-30-31-33-35-37-39-41-44-47-50-56(59)62-53-54(52-61-55(58)49-46-43-12-9-6-3)63-57(60)51-48-45-42-40-38-36-34-32-29-26-24-22-20-18-16-14-11-8-5-2/h16,18,22,24,29,32,54H,4-15,17,19-21,23,25-28,30-31,33-53H2,1-3H3/b18-16-,24-22-,32-29-. The molecule has 63 heavy (non-hydrogen) atoms. The van der Waals surface area contributed by atoms with E-state index in [4.69, 9.17) is 14.2 Å². The number of carbonyl (C=O) groups is 3. The second-order valence-electron chi connectivity index (χ2n) is 18.5. The number of esters is 3. The number of rotatable bonds is 50. The van der Waals surface area contributed by atoms with Crippen molar-refractivity contribution in [1.29, 1.82) is 0 Å². The lowest BCUT2D eigenvalue weighted by molar-refractivity contribution is -0.167. The van der Waals surface area contributed by atoms with Gasteiger partial charge in [0.1, 0.15) is 13.2 Å². The molecule has 0 aliphatic rings. The lowest BCUT2D eigenvalue weighted by atomic mass is 10.0. The van der Waals surface area contributed by atoms with Crippen molar-refractivity contribution in [2.75, 3.05) is 13.2 Å². The van der Waals surface area contributed by atoms with Crippen LogP contribution in [-0.4, -0.2) is 37.2 Å². The van der Waals surface area contributed by atoms with Gasteiger partial charge in [-0.05, 0) is 57.8 Å². The predicted octanol–water partition coefficient (Wildman–Crippen LogP) is 18.1. The quantitative estimate of drug-likeness (QED) is 0.0262. The molecule has 0 saturated heterocycles. The molecule has 0 radical (unpaired) electrons. The molecule has 1 unspecified atom stereocenters. The summed E-state index contributed by atoms with van der Waals surface area (Å²) in [5.41, 5.74) is 0. The van der Waals surface area contributed by atoms with Crippen molar-refractivity contribution in [3.8, 4) is 0 Å². The topological polar surface area (TPSA) is 78.9 Å². The summed E-state index contributed by atoms with van der Waals surface area (Å²) in [5.74, 6) is -0.889. The fourth-order valence-electron chi connectivity index (χ4n) is 7.98. The molecule has 6 nitrogen and oxygen atoms in total. The Morgan fingerprint density at radius 2 is 0.571 bits per heavy atom. The second-order valence-corrected chi connectivity index (χ2v) is 18.5. The van der Waals surface area contributed by atoms with Crippen LogP contribution in [0, 0.1) is 0 Å². The maximum atomic E-state index is 12.8. The van der Waals surface area contributed by atoms with Gasteiger partial charge in [0.15, 0.2) is 6.10 Å². The predicted molar refractivity (Wildman–Crippen MR) is 270 cm³/mol. The Kier molecular flexibility index (Phi) is 50.3. The van der Waals surface area contributed by atoms with E-state index in [-0.39, 0.29) is 31.1 Å². The van der Waals surface area contributed by atoms with Crippen molar-refractivity contribution in [3.63, 3.8) is 0 Å². The van der Waals surface area contributed by atoms with Crippen LogP contribution in [0.2, 0.25) is 0 Å². The van der Waals surface area contributed by atoms with E-state index in [1.165, 1.54) is 167 Å². The highest BCUT2D eigenvalue weighted by molar-refractivity contribution is 5.71. The van der Waals surface area contributed by atoms with Crippen molar-refractivity contribution < 1.29 is 28.6 Å².